The zero-order valence-corrected chi connectivity index (χ0v) is 16.2. The molecular weight excluding hydrogens is 364 g/mol. The summed E-state index contributed by atoms with van der Waals surface area (Å²) in [6, 6.07) is 12.2. The van der Waals surface area contributed by atoms with Gasteiger partial charge in [-0.1, -0.05) is 6.07 Å². The first-order valence-electron chi connectivity index (χ1n) is 9.66. The predicted octanol–water partition coefficient (Wildman–Crippen LogP) is 3.15. The van der Waals surface area contributed by atoms with Crippen LogP contribution in [0.2, 0.25) is 0 Å². The number of fused-ring (bicyclic) bond motifs is 1. The lowest BCUT2D eigenvalue weighted by molar-refractivity contribution is 0.199. The molecule has 0 amide bonds. The third kappa shape index (κ3) is 3.30. The van der Waals surface area contributed by atoms with Crippen molar-refractivity contribution >= 4 is 0 Å². The zero-order valence-electron chi connectivity index (χ0n) is 16.2. The molecule has 1 aromatic carbocycles. The van der Waals surface area contributed by atoms with Gasteiger partial charge in [0.2, 0.25) is 0 Å². The minimum absolute atomic E-state index is 0.0513. The molecule has 146 valence electrons. The van der Waals surface area contributed by atoms with Gasteiger partial charge < -0.3 is 9.72 Å². The number of hydrogen-bond acceptors (Lipinski definition) is 5. The van der Waals surface area contributed by atoms with Crippen LogP contribution in [-0.2, 0) is 13.0 Å². The highest BCUT2D eigenvalue weighted by Crippen LogP contribution is 2.35. The zero-order chi connectivity index (χ0) is 19.6. The molecule has 0 saturated heterocycles. The molecule has 1 aliphatic heterocycles. The number of aromatic amines is 1. The van der Waals surface area contributed by atoms with E-state index in [1.54, 1.807) is 25.8 Å². The minimum Gasteiger partial charge on any atom is -0.497 e. The number of pyridine rings is 1. The van der Waals surface area contributed by atoms with Gasteiger partial charge in [-0.05, 0) is 41.5 Å². The molecular formula is C22H22N6O. The van der Waals surface area contributed by atoms with Crippen molar-refractivity contribution in [3.63, 3.8) is 0 Å². The van der Waals surface area contributed by atoms with Gasteiger partial charge in [0.1, 0.15) is 5.75 Å². The smallest absolute Gasteiger partial charge is 0.119 e. The van der Waals surface area contributed by atoms with E-state index in [-0.39, 0.29) is 6.04 Å². The molecule has 1 N–H and O–H groups in total. The molecule has 5 rings (SSSR count). The number of methoxy groups -OCH3 is 1. The highest BCUT2D eigenvalue weighted by atomic mass is 16.5. The van der Waals surface area contributed by atoms with Crippen LogP contribution in [0.5, 0.6) is 5.75 Å². The first-order chi connectivity index (χ1) is 14.3. The summed E-state index contributed by atoms with van der Waals surface area (Å²) in [5, 5.41) is 4.43. The van der Waals surface area contributed by atoms with Crippen molar-refractivity contribution in [2.45, 2.75) is 19.0 Å². The molecule has 0 spiro atoms. The second-order valence-electron chi connectivity index (χ2n) is 7.12. The highest BCUT2D eigenvalue weighted by molar-refractivity contribution is 5.46. The number of ether oxygens (including phenoxy) is 1. The van der Waals surface area contributed by atoms with Crippen molar-refractivity contribution in [3.05, 3.63) is 90.0 Å². The van der Waals surface area contributed by atoms with Crippen molar-refractivity contribution in [3.8, 4) is 11.4 Å². The van der Waals surface area contributed by atoms with Crippen molar-refractivity contribution < 1.29 is 4.74 Å². The number of benzene rings is 1. The largest absolute Gasteiger partial charge is 0.497 e. The van der Waals surface area contributed by atoms with E-state index in [1.807, 2.05) is 35.3 Å². The van der Waals surface area contributed by atoms with Crippen molar-refractivity contribution in [2.75, 3.05) is 13.7 Å². The number of hydrogen-bond donors (Lipinski definition) is 1. The van der Waals surface area contributed by atoms with Crippen molar-refractivity contribution in [2.24, 2.45) is 0 Å². The second-order valence-corrected chi connectivity index (χ2v) is 7.12. The van der Waals surface area contributed by atoms with Gasteiger partial charge in [0.05, 0.1) is 30.9 Å². The summed E-state index contributed by atoms with van der Waals surface area (Å²) in [5.74, 6) is 0.839. The monoisotopic (exact) mass is 386 g/mol. The standard InChI is InChI=1S/C22H22N6O/c1-29-18-5-6-20(28-10-3-9-26-28)17(12-18)14-27-11-7-19-21(25-15-24-19)22(27)16-4-2-8-23-13-16/h2-6,8-10,12-13,15,22H,7,11,14H2,1H3,(H,24,25)/t22-/m1/s1. The molecule has 7 nitrogen and oxygen atoms in total. The molecule has 0 saturated carbocycles. The number of aromatic nitrogens is 5. The van der Waals surface area contributed by atoms with Crippen molar-refractivity contribution in [1.29, 1.82) is 0 Å². The van der Waals surface area contributed by atoms with Gasteiger partial charge in [-0.2, -0.15) is 5.10 Å². The van der Waals surface area contributed by atoms with Gasteiger partial charge in [0, 0.05) is 50.0 Å². The fourth-order valence-electron chi connectivity index (χ4n) is 4.07. The first-order valence-corrected chi connectivity index (χ1v) is 9.66. The Labute approximate surface area is 169 Å². The van der Waals surface area contributed by atoms with Crippen LogP contribution in [0.15, 0.2) is 67.5 Å². The average molecular weight is 386 g/mol. The van der Waals surface area contributed by atoms with E-state index in [9.17, 15) is 0 Å². The first kappa shape index (κ1) is 17.6. The van der Waals surface area contributed by atoms with Crippen LogP contribution in [0, 0.1) is 0 Å². The van der Waals surface area contributed by atoms with Crippen LogP contribution in [0.3, 0.4) is 0 Å². The van der Waals surface area contributed by atoms with Gasteiger partial charge in [-0.3, -0.25) is 9.88 Å². The molecule has 0 fully saturated rings. The lowest BCUT2D eigenvalue weighted by atomic mass is 9.96. The van der Waals surface area contributed by atoms with E-state index in [4.69, 9.17) is 4.74 Å². The molecule has 7 heteroatoms. The summed E-state index contributed by atoms with van der Waals surface area (Å²) in [6.45, 7) is 1.67. The quantitative estimate of drug-likeness (QED) is 0.570. The predicted molar refractivity (Wildman–Crippen MR) is 109 cm³/mol. The summed E-state index contributed by atoms with van der Waals surface area (Å²) >= 11 is 0. The number of H-pyrrole nitrogens is 1. The molecule has 4 aromatic rings. The SMILES string of the molecule is COc1ccc(-n2cccn2)c(CN2CCc3[nH]cnc3[C@H]2c2cccnc2)c1. The van der Waals surface area contributed by atoms with Crippen molar-refractivity contribution in [1.82, 2.24) is 29.6 Å². The molecule has 0 radical (unpaired) electrons. The number of nitrogens with one attached hydrogen (secondary N) is 1. The third-order valence-electron chi connectivity index (χ3n) is 5.44. The van der Waals surface area contributed by atoms with Gasteiger partial charge in [0.15, 0.2) is 0 Å². The van der Waals surface area contributed by atoms with E-state index in [1.165, 1.54) is 5.69 Å². The van der Waals surface area contributed by atoms with Crippen LogP contribution < -0.4 is 4.74 Å². The molecule has 0 bridgehead atoms. The fourth-order valence-corrected chi connectivity index (χ4v) is 4.07. The summed E-state index contributed by atoms with van der Waals surface area (Å²) < 4.78 is 7.40. The average Bonchev–Trinajstić information content (AvgIpc) is 3.46. The van der Waals surface area contributed by atoms with Gasteiger partial charge in [0.25, 0.3) is 0 Å². The number of rotatable bonds is 5. The molecule has 1 atom stereocenters. The Kier molecular flexibility index (Phi) is 4.57. The Hall–Kier alpha value is -3.45. The van der Waals surface area contributed by atoms with E-state index >= 15 is 0 Å². The summed E-state index contributed by atoms with van der Waals surface area (Å²) in [5.41, 5.74) is 5.62. The maximum Gasteiger partial charge on any atom is 0.119 e. The Balaban J connectivity index is 1.56. The van der Waals surface area contributed by atoms with Crippen LogP contribution in [0.4, 0.5) is 0 Å². The maximum atomic E-state index is 5.50. The van der Waals surface area contributed by atoms with Crippen LogP contribution >= 0.6 is 0 Å². The molecule has 3 aromatic heterocycles. The lowest BCUT2D eigenvalue weighted by Crippen LogP contribution is -2.36. The molecule has 4 heterocycles. The Morgan fingerprint density at radius 2 is 2.17 bits per heavy atom. The Bertz CT molecular complexity index is 1090. The Morgan fingerprint density at radius 1 is 1.21 bits per heavy atom. The summed E-state index contributed by atoms with van der Waals surface area (Å²) in [4.78, 5) is 14.7. The van der Waals surface area contributed by atoms with Crippen LogP contribution in [0.25, 0.3) is 5.69 Å². The second kappa shape index (κ2) is 7.52. The van der Waals surface area contributed by atoms with Gasteiger partial charge in [-0.15, -0.1) is 0 Å². The van der Waals surface area contributed by atoms with E-state index in [0.717, 1.165) is 47.8 Å². The molecule has 0 unspecified atom stereocenters. The molecule has 0 aliphatic carbocycles. The minimum atomic E-state index is 0.0513. The topological polar surface area (TPSA) is 71.9 Å². The summed E-state index contributed by atoms with van der Waals surface area (Å²) in [7, 11) is 1.70. The van der Waals surface area contributed by atoms with Gasteiger partial charge >= 0.3 is 0 Å². The fraction of sp³-hybridized carbons (Fsp3) is 0.227. The van der Waals surface area contributed by atoms with Crippen LogP contribution in [-0.4, -0.2) is 43.3 Å². The lowest BCUT2D eigenvalue weighted by Gasteiger charge is -2.35. The van der Waals surface area contributed by atoms with E-state index in [0.29, 0.717) is 0 Å². The molecule has 29 heavy (non-hydrogen) atoms. The normalized spacial score (nSPS) is 16.5. The maximum absolute atomic E-state index is 5.50. The van der Waals surface area contributed by atoms with Crippen LogP contribution in [0.1, 0.15) is 28.6 Å². The summed E-state index contributed by atoms with van der Waals surface area (Å²) in [6.07, 6.45) is 10.2. The number of nitrogens with zero attached hydrogens (tertiary/aromatic N) is 5. The van der Waals surface area contributed by atoms with E-state index < -0.39 is 0 Å². The Morgan fingerprint density at radius 3 is 2.97 bits per heavy atom. The van der Waals surface area contributed by atoms with Gasteiger partial charge in [-0.25, -0.2) is 9.67 Å². The molecule has 1 aliphatic rings. The van der Waals surface area contributed by atoms with E-state index in [2.05, 4.69) is 43.1 Å². The highest BCUT2D eigenvalue weighted by Gasteiger charge is 2.31. The third-order valence-corrected chi connectivity index (χ3v) is 5.44. The number of imidazole rings is 1.